The lowest BCUT2D eigenvalue weighted by atomic mass is 10.2. The second-order valence-corrected chi connectivity index (χ2v) is 8.64. The van der Waals surface area contributed by atoms with Gasteiger partial charge < -0.3 is 20.9 Å². The van der Waals surface area contributed by atoms with Gasteiger partial charge in [0.05, 0.1) is 12.6 Å². The van der Waals surface area contributed by atoms with E-state index in [1.54, 1.807) is 61.5 Å². The second kappa shape index (κ2) is 12.7. The number of amides is 2. The van der Waals surface area contributed by atoms with E-state index in [-0.39, 0.29) is 45.9 Å². The summed E-state index contributed by atoms with van der Waals surface area (Å²) >= 11 is 0.992. The van der Waals surface area contributed by atoms with Gasteiger partial charge >= 0.3 is 0 Å². The number of anilines is 3. The average molecular weight is 517 g/mol. The van der Waals surface area contributed by atoms with Gasteiger partial charge in [-0.3, -0.25) is 19.0 Å². The number of carbonyl (C=O) groups is 2. The Balaban J connectivity index is 1.80. The summed E-state index contributed by atoms with van der Waals surface area (Å²) in [6.07, 6.45) is 3.14. The first-order valence-corrected chi connectivity index (χ1v) is 12.0. The molecule has 3 aromatic rings. The lowest BCUT2D eigenvalue weighted by molar-refractivity contribution is -0.116. The molecule has 2 aromatic heterocycles. The van der Waals surface area contributed by atoms with Crippen molar-refractivity contribution in [3.05, 3.63) is 68.2 Å². The van der Waals surface area contributed by atoms with Crippen LogP contribution in [0.25, 0.3) is 11.8 Å². The van der Waals surface area contributed by atoms with Gasteiger partial charge in [-0.15, -0.1) is 11.3 Å². The van der Waals surface area contributed by atoms with Gasteiger partial charge in [-0.1, -0.05) is 12.1 Å². The maximum atomic E-state index is 12.9. The summed E-state index contributed by atoms with van der Waals surface area (Å²) < 4.78 is 1.82. The molecule has 0 saturated carbocycles. The number of nitriles is 2. The quantitative estimate of drug-likeness (QED) is 0.349. The molecule has 0 radical (unpaired) electrons. The number of carbonyl (C=O) groups excluding carboxylic acids is 2. The summed E-state index contributed by atoms with van der Waals surface area (Å²) in [5.41, 5.74) is 0.575. The fraction of sp³-hybridized carbons (Fsp3) is 0.200. The molecule has 3 rings (SSSR count). The molecule has 12 heteroatoms. The summed E-state index contributed by atoms with van der Waals surface area (Å²) in [5.74, 6) is -0.267. The smallest absolute Gasteiger partial charge is 0.270 e. The Morgan fingerprint density at radius 2 is 1.97 bits per heavy atom. The van der Waals surface area contributed by atoms with E-state index in [2.05, 4.69) is 20.9 Å². The highest BCUT2D eigenvalue weighted by Crippen LogP contribution is 2.15. The summed E-state index contributed by atoms with van der Waals surface area (Å²) in [7, 11) is 1.77. The molecule has 188 valence electrons. The predicted molar refractivity (Wildman–Crippen MR) is 142 cm³/mol. The number of pyridine rings is 1. The van der Waals surface area contributed by atoms with Crippen molar-refractivity contribution in [3.8, 4) is 12.1 Å². The maximum Gasteiger partial charge on any atom is 0.270 e. The molecule has 1 aromatic carbocycles. The van der Waals surface area contributed by atoms with E-state index in [9.17, 15) is 19.6 Å². The standard InChI is InChI=1S/C25H24N8O3S/c1-3-33-24(36)20(37-25(33)19(14-27)23(35)29-12-10-26)15-30-17-7-6-8-18(13-17)31-22(34)16-32(2)21-9-4-5-11-28-21/h4-9,11,13,15,30H,3,12,16H2,1-2H3,(H,29,35)(H,31,34). The monoisotopic (exact) mass is 516 g/mol. The Hall–Kier alpha value is -4.94. The molecular weight excluding hydrogens is 492 g/mol. The van der Waals surface area contributed by atoms with Crippen LogP contribution in [-0.2, 0) is 16.1 Å². The topological polar surface area (TPSA) is 156 Å². The lowest BCUT2D eigenvalue weighted by Gasteiger charge is -2.17. The Morgan fingerprint density at radius 1 is 1.19 bits per heavy atom. The van der Waals surface area contributed by atoms with Crippen LogP contribution in [0.2, 0.25) is 0 Å². The first kappa shape index (κ1) is 26.7. The Morgan fingerprint density at radius 3 is 2.65 bits per heavy atom. The number of nitrogens with one attached hydrogen (secondary N) is 3. The first-order valence-electron chi connectivity index (χ1n) is 11.2. The number of rotatable bonds is 9. The summed E-state index contributed by atoms with van der Waals surface area (Å²) in [6, 6.07) is 16.0. The highest BCUT2D eigenvalue weighted by molar-refractivity contribution is 7.07. The minimum atomic E-state index is -0.718. The number of thiazole rings is 1. The number of aromatic nitrogens is 2. The average Bonchev–Trinajstić information content (AvgIpc) is 3.21. The lowest BCUT2D eigenvalue weighted by Crippen LogP contribution is -2.34. The zero-order valence-electron chi connectivity index (χ0n) is 20.2. The van der Waals surface area contributed by atoms with Gasteiger partial charge in [-0.05, 0) is 37.3 Å². The minimum absolute atomic E-state index is 0.106. The molecule has 3 N–H and O–H groups in total. The SMILES string of the molecule is CCn1c(=C(C#N)C(=O)NCC#N)sc(=CNc2cccc(NC(=O)CN(C)c3ccccn3)c2)c1=O. The van der Waals surface area contributed by atoms with E-state index in [1.807, 2.05) is 18.2 Å². The molecule has 37 heavy (non-hydrogen) atoms. The first-order chi connectivity index (χ1) is 17.9. The number of likely N-dealkylation sites (N-methyl/N-ethyl adjacent to an activating group) is 1. The molecule has 11 nitrogen and oxygen atoms in total. The van der Waals surface area contributed by atoms with Crippen molar-refractivity contribution >= 4 is 52.1 Å². The van der Waals surface area contributed by atoms with Gasteiger partial charge in [0.2, 0.25) is 5.91 Å². The number of hydrogen-bond donors (Lipinski definition) is 3. The molecule has 0 spiro atoms. The van der Waals surface area contributed by atoms with Gasteiger partial charge in [0, 0.05) is 37.4 Å². The van der Waals surface area contributed by atoms with Crippen LogP contribution in [0, 0.1) is 22.7 Å². The van der Waals surface area contributed by atoms with Crippen molar-refractivity contribution in [2.24, 2.45) is 0 Å². The second-order valence-electron chi connectivity index (χ2n) is 7.61. The van der Waals surface area contributed by atoms with E-state index < -0.39 is 5.91 Å². The van der Waals surface area contributed by atoms with Crippen molar-refractivity contribution in [2.45, 2.75) is 13.5 Å². The van der Waals surface area contributed by atoms with Crippen molar-refractivity contribution < 1.29 is 9.59 Å². The highest BCUT2D eigenvalue weighted by atomic mass is 32.1. The van der Waals surface area contributed by atoms with Crippen LogP contribution >= 0.6 is 11.3 Å². The molecule has 0 aliphatic carbocycles. The number of benzene rings is 1. The molecular formula is C25H24N8O3S. The van der Waals surface area contributed by atoms with Gasteiger partial charge in [0.1, 0.15) is 27.6 Å². The highest BCUT2D eigenvalue weighted by Gasteiger charge is 2.15. The van der Waals surface area contributed by atoms with E-state index in [0.717, 1.165) is 11.3 Å². The summed E-state index contributed by atoms with van der Waals surface area (Å²) in [6.45, 7) is 1.84. The van der Waals surface area contributed by atoms with E-state index >= 15 is 0 Å². The van der Waals surface area contributed by atoms with Gasteiger partial charge in [-0.2, -0.15) is 10.5 Å². The number of nitrogens with zero attached hydrogens (tertiary/aromatic N) is 5. The predicted octanol–water partition coefficient (Wildman–Crippen LogP) is 0.564. The zero-order chi connectivity index (χ0) is 26.8. The molecule has 2 heterocycles. The molecule has 0 fully saturated rings. The van der Waals surface area contributed by atoms with Crippen LogP contribution in [0.1, 0.15) is 6.92 Å². The van der Waals surface area contributed by atoms with Crippen LogP contribution in [0.15, 0.2) is 53.5 Å². The summed E-state index contributed by atoms with van der Waals surface area (Å²) in [4.78, 5) is 43.6. The largest absolute Gasteiger partial charge is 0.360 e. The van der Waals surface area contributed by atoms with Gasteiger partial charge in [-0.25, -0.2) is 4.98 Å². The Bertz CT molecular complexity index is 1550. The van der Waals surface area contributed by atoms with E-state index in [4.69, 9.17) is 5.26 Å². The van der Waals surface area contributed by atoms with Crippen molar-refractivity contribution in [1.29, 1.82) is 10.5 Å². The molecule has 2 amide bonds. The van der Waals surface area contributed by atoms with E-state index in [0.29, 0.717) is 17.2 Å². The van der Waals surface area contributed by atoms with Crippen LogP contribution in [0.3, 0.4) is 0 Å². The third-order valence-corrected chi connectivity index (χ3v) is 6.17. The van der Waals surface area contributed by atoms with Crippen LogP contribution < -0.4 is 35.6 Å². The minimum Gasteiger partial charge on any atom is -0.360 e. The maximum absolute atomic E-state index is 12.9. The fourth-order valence-electron chi connectivity index (χ4n) is 3.31. The van der Waals surface area contributed by atoms with Crippen LogP contribution in [-0.4, -0.2) is 41.5 Å². The Kier molecular flexibility index (Phi) is 9.13. The number of hydrogen-bond acceptors (Lipinski definition) is 9. The van der Waals surface area contributed by atoms with Crippen molar-refractivity contribution in [2.75, 3.05) is 35.7 Å². The van der Waals surface area contributed by atoms with Crippen LogP contribution in [0.5, 0.6) is 0 Å². The Labute approximate surface area is 216 Å². The van der Waals surface area contributed by atoms with Crippen LogP contribution in [0.4, 0.5) is 17.2 Å². The fourth-order valence-corrected chi connectivity index (χ4v) is 4.39. The third kappa shape index (κ3) is 6.81. The normalized spacial score (nSPS) is 11.6. The van der Waals surface area contributed by atoms with Crippen molar-refractivity contribution in [1.82, 2.24) is 14.9 Å². The third-order valence-electron chi connectivity index (χ3n) is 5.04. The molecule has 0 atom stereocenters. The molecule has 0 aliphatic heterocycles. The van der Waals surface area contributed by atoms with Gasteiger partial charge in [0.15, 0.2) is 5.57 Å². The van der Waals surface area contributed by atoms with Gasteiger partial charge in [0.25, 0.3) is 11.5 Å². The zero-order valence-corrected chi connectivity index (χ0v) is 21.0. The molecule has 0 bridgehead atoms. The summed E-state index contributed by atoms with van der Waals surface area (Å²) in [5, 5.41) is 26.4. The van der Waals surface area contributed by atoms with E-state index in [1.165, 1.54) is 10.8 Å². The molecule has 0 saturated heterocycles. The molecule has 0 aliphatic rings. The van der Waals surface area contributed by atoms with Crippen molar-refractivity contribution in [3.63, 3.8) is 0 Å². The molecule has 0 unspecified atom stereocenters.